The van der Waals surface area contributed by atoms with E-state index in [1.54, 1.807) is 0 Å². The van der Waals surface area contributed by atoms with Crippen molar-refractivity contribution in [2.75, 3.05) is 0 Å². The Labute approximate surface area is 210 Å². The number of rotatable bonds is 6. The van der Waals surface area contributed by atoms with Crippen LogP contribution in [0.1, 0.15) is 92.4 Å². The molecular formula is C30H51NOS. The molecule has 8 unspecified atom stereocenters. The van der Waals surface area contributed by atoms with Gasteiger partial charge in [-0.2, -0.15) is 12.6 Å². The first-order valence-corrected chi connectivity index (χ1v) is 13.8. The third-order valence-electron chi connectivity index (χ3n) is 8.99. The molecule has 8 atom stereocenters. The van der Waals surface area contributed by atoms with Gasteiger partial charge in [0, 0.05) is 10.8 Å². The van der Waals surface area contributed by atoms with Crippen LogP contribution in [0.2, 0.25) is 0 Å². The maximum atomic E-state index is 10.1. The molecule has 0 amide bonds. The fraction of sp³-hybridized carbons (Fsp3) is 0.733. The molecule has 3 heteroatoms. The van der Waals surface area contributed by atoms with Crippen LogP contribution in [-0.2, 0) is 0 Å². The van der Waals surface area contributed by atoms with Gasteiger partial charge in [0.1, 0.15) is 0 Å². The highest BCUT2D eigenvalue weighted by molar-refractivity contribution is 7.81. The standard InChI is InChI=1S/C27H41NOS.C2H6.CH4/c1-3-5-18(6-4-2)7-14-26(30)24-11-10-21-22(24)12-13-25-23(21)9-8-19-17-20(29)15-16-27(19,25)28;1-2;/h3-6,8,20-26,29-30H,1,7,9-17,28H2,2H3;1-2H3;1H4/b6-4-,18-5+;;. The maximum Gasteiger partial charge on any atom is 0.0578 e. The van der Waals surface area contributed by atoms with Crippen LogP contribution in [0.15, 0.2) is 48.1 Å². The van der Waals surface area contributed by atoms with Crippen molar-refractivity contribution in [1.29, 1.82) is 0 Å². The van der Waals surface area contributed by atoms with Gasteiger partial charge in [-0.25, -0.2) is 0 Å². The summed E-state index contributed by atoms with van der Waals surface area (Å²) in [6.07, 6.45) is 22.0. The second-order valence-corrected chi connectivity index (χ2v) is 11.1. The molecule has 0 aromatic heterocycles. The van der Waals surface area contributed by atoms with Gasteiger partial charge in [0.25, 0.3) is 0 Å². The van der Waals surface area contributed by atoms with Crippen LogP contribution in [0, 0.1) is 29.6 Å². The molecule has 0 spiro atoms. The first-order valence-electron chi connectivity index (χ1n) is 13.3. The van der Waals surface area contributed by atoms with E-state index < -0.39 is 0 Å². The lowest BCUT2D eigenvalue weighted by molar-refractivity contribution is 0.0201. The third-order valence-corrected chi connectivity index (χ3v) is 9.63. The van der Waals surface area contributed by atoms with Gasteiger partial charge in [0.15, 0.2) is 0 Å². The number of fused-ring (bicyclic) bond motifs is 5. The smallest absolute Gasteiger partial charge is 0.0578 e. The zero-order valence-corrected chi connectivity index (χ0v) is 21.6. The molecule has 188 valence electrons. The minimum Gasteiger partial charge on any atom is -0.393 e. The predicted octanol–water partition coefficient (Wildman–Crippen LogP) is 7.66. The molecule has 0 radical (unpaired) electrons. The van der Waals surface area contributed by atoms with Crippen molar-refractivity contribution in [3.05, 3.63) is 48.1 Å². The lowest BCUT2D eigenvalue weighted by atomic mass is 9.53. The van der Waals surface area contributed by atoms with Gasteiger partial charge in [-0.05, 0) is 106 Å². The summed E-state index contributed by atoms with van der Waals surface area (Å²) in [6, 6.07) is 0. The zero-order chi connectivity index (χ0) is 23.3. The molecule has 0 heterocycles. The third kappa shape index (κ3) is 5.90. The first kappa shape index (κ1) is 28.5. The Bertz CT molecular complexity index is 725. The Balaban J connectivity index is 0.00000125. The molecule has 0 aromatic carbocycles. The summed E-state index contributed by atoms with van der Waals surface area (Å²) in [5, 5.41) is 10.6. The molecule has 3 N–H and O–H groups in total. The fourth-order valence-corrected chi connectivity index (χ4v) is 8.13. The fourth-order valence-electron chi connectivity index (χ4n) is 7.63. The van der Waals surface area contributed by atoms with Gasteiger partial charge in [-0.3, -0.25) is 0 Å². The van der Waals surface area contributed by atoms with Crippen LogP contribution in [0.4, 0.5) is 0 Å². The van der Waals surface area contributed by atoms with Crippen LogP contribution in [0.25, 0.3) is 0 Å². The van der Waals surface area contributed by atoms with E-state index in [1.165, 1.54) is 43.3 Å². The van der Waals surface area contributed by atoms with E-state index in [2.05, 4.69) is 37.8 Å². The van der Waals surface area contributed by atoms with Gasteiger partial charge in [-0.1, -0.05) is 63.8 Å². The summed E-state index contributed by atoms with van der Waals surface area (Å²) < 4.78 is 0. The van der Waals surface area contributed by atoms with Crippen molar-refractivity contribution < 1.29 is 5.11 Å². The monoisotopic (exact) mass is 473 g/mol. The van der Waals surface area contributed by atoms with E-state index in [0.717, 1.165) is 55.8 Å². The van der Waals surface area contributed by atoms with E-state index in [1.807, 2.05) is 19.9 Å². The van der Waals surface area contributed by atoms with Crippen molar-refractivity contribution in [2.24, 2.45) is 35.3 Å². The number of nitrogens with two attached hydrogens (primary N) is 1. The van der Waals surface area contributed by atoms with Crippen LogP contribution in [-0.4, -0.2) is 22.0 Å². The average Bonchev–Trinajstić information content (AvgIpc) is 3.24. The highest BCUT2D eigenvalue weighted by atomic mass is 32.1. The Hall–Kier alpha value is -0.770. The van der Waals surface area contributed by atoms with Crippen molar-refractivity contribution in [1.82, 2.24) is 0 Å². The van der Waals surface area contributed by atoms with E-state index in [0.29, 0.717) is 11.2 Å². The summed E-state index contributed by atoms with van der Waals surface area (Å²) in [5.74, 6) is 3.78. The lowest BCUT2D eigenvalue weighted by Crippen LogP contribution is -2.59. The molecule has 0 aromatic rings. The van der Waals surface area contributed by atoms with Crippen molar-refractivity contribution in [3.8, 4) is 0 Å². The van der Waals surface area contributed by atoms with Gasteiger partial charge < -0.3 is 10.8 Å². The topological polar surface area (TPSA) is 46.2 Å². The van der Waals surface area contributed by atoms with E-state index in [4.69, 9.17) is 18.4 Å². The molecule has 0 saturated heterocycles. The summed E-state index contributed by atoms with van der Waals surface area (Å²) in [7, 11) is 0. The van der Waals surface area contributed by atoms with E-state index in [9.17, 15) is 5.11 Å². The number of hydrogen-bond acceptors (Lipinski definition) is 3. The number of thiol groups is 1. The van der Waals surface area contributed by atoms with Crippen molar-refractivity contribution >= 4 is 12.6 Å². The van der Waals surface area contributed by atoms with Gasteiger partial charge in [0.2, 0.25) is 0 Å². The Morgan fingerprint density at radius 2 is 1.94 bits per heavy atom. The number of aliphatic hydroxyl groups is 1. The molecule has 4 aliphatic carbocycles. The minimum absolute atomic E-state index is 0. The zero-order valence-electron chi connectivity index (χ0n) is 20.7. The largest absolute Gasteiger partial charge is 0.393 e. The summed E-state index contributed by atoms with van der Waals surface area (Å²) in [4.78, 5) is 0. The highest BCUT2D eigenvalue weighted by Gasteiger charge is 2.55. The second kappa shape index (κ2) is 12.8. The quantitative estimate of drug-likeness (QED) is 0.211. The highest BCUT2D eigenvalue weighted by Crippen LogP contribution is 2.59. The Morgan fingerprint density at radius 3 is 2.64 bits per heavy atom. The lowest BCUT2D eigenvalue weighted by Gasteiger charge is -2.55. The average molecular weight is 474 g/mol. The van der Waals surface area contributed by atoms with Crippen molar-refractivity contribution in [3.63, 3.8) is 0 Å². The van der Waals surface area contributed by atoms with Crippen LogP contribution < -0.4 is 5.73 Å². The normalized spacial score (nSPS) is 38.6. The van der Waals surface area contributed by atoms with Crippen LogP contribution in [0.5, 0.6) is 0 Å². The number of hydrogen-bond donors (Lipinski definition) is 3. The molecule has 3 fully saturated rings. The minimum atomic E-state index is -0.177. The molecule has 33 heavy (non-hydrogen) atoms. The van der Waals surface area contributed by atoms with Gasteiger partial charge in [-0.15, -0.1) is 0 Å². The van der Waals surface area contributed by atoms with Crippen molar-refractivity contribution in [2.45, 2.75) is 109 Å². The first-order chi connectivity index (χ1) is 15.5. The SMILES string of the molecule is C.C=C/C=C(\C=C/C)CCC(S)C1CCC2C1CCC1C2CC=C2CC(O)CCC21N.CC. The number of aliphatic hydroxyl groups excluding tert-OH is 1. The molecular weight excluding hydrogens is 422 g/mol. The Morgan fingerprint density at radius 1 is 1.21 bits per heavy atom. The van der Waals surface area contributed by atoms with Crippen LogP contribution in [0.3, 0.4) is 0 Å². The molecule has 2 nitrogen and oxygen atoms in total. The summed E-state index contributed by atoms with van der Waals surface area (Å²) in [5.41, 5.74) is 9.67. The molecule has 0 bridgehead atoms. The molecule has 4 rings (SSSR count). The van der Waals surface area contributed by atoms with E-state index >= 15 is 0 Å². The summed E-state index contributed by atoms with van der Waals surface area (Å²) in [6.45, 7) is 9.94. The van der Waals surface area contributed by atoms with Crippen LogP contribution >= 0.6 is 12.6 Å². The molecule has 4 aliphatic rings. The molecule has 3 saturated carbocycles. The van der Waals surface area contributed by atoms with E-state index in [-0.39, 0.29) is 19.1 Å². The molecule has 0 aliphatic heterocycles. The van der Waals surface area contributed by atoms with Gasteiger partial charge >= 0.3 is 0 Å². The van der Waals surface area contributed by atoms with Gasteiger partial charge in [0.05, 0.1) is 6.10 Å². The second-order valence-electron chi connectivity index (χ2n) is 10.4. The number of allylic oxidation sites excluding steroid dienone is 6. The summed E-state index contributed by atoms with van der Waals surface area (Å²) >= 11 is 5.13. The maximum absolute atomic E-state index is 10.1. The predicted molar refractivity (Wildman–Crippen MR) is 149 cm³/mol. The Kier molecular flexibility index (Phi) is 11.0.